The van der Waals surface area contributed by atoms with E-state index >= 15 is 0 Å². The van der Waals surface area contributed by atoms with Crippen molar-refractivity contribution in [2.45, 2.75) is 37.9 Å². The highest BCUT2D eigenvalue weighted by atomic mass is 127. The van der Waals surface area contributed by atoms with E-state index in [0.29, 0.717) is 6.61 Å². The molecule has 100 valence electrons. The van der Waals surface area contributed by atoms with Gasteiger partial charge in [-0.2, -0.15) is 0 Å². The highest BCUT2D eigenvalue weighted by molar-refractivity contribution is 14.1. The number of alkyl halides is 1. The normalized spacial score (nSPS) is 23.6. The van der Waals surface area contributed by atoms with Crippen LogP contribution in [0.1, 0.15) is 31.7 Å². The molecular weight excluding hydrogens is 339 g/mol. The van der Waals surface area contributed by atoms with E-state index in [1.807, 2.05) is 6.07 Å². The minimum Gasteiger partial charge on any atom is -0.376 e. The summed E-state index contributed by atoms with van der Waals surface area (Å²) in [6.45, 7) is 3.76. The van der Waals surface area contributed by atoms with Crippen LogP contribution in [0.2, 0.25) is 0 Å². The largest absolute Gasteiger partial charge is 0.376 e. The number of ether oxygens (including phenoxy) is 2. The van der Waals surface area contributed by atoms with E-state index in [2.05, 4.69) is 53.8 Å². The van der Waals surface area contributed by atoms with Crippen LogP contribution in [-0.2, 0) is 15.1 Å². The number of hydrogen-bond donors (Lipinski definition) is 0. The van der Waals surface area contributed by atoms with Crippen molar-refractivity contribution in [3.05, 3.63) is 35.9 Å². The zero-order valence-electron chi connectivity index (χ0n) is 10.9. The molecule has 1 saturated heterocycles. The van der Waals surface area contributed by atoms with Crippen LogP contribution in [0, 0.1) is 0 Å². The average molecular weight is 360 g/mol. The molecule has 0 saturated carbocycles. The lowest BCUT2D eigenvalue weighted by atomic mass is 9.98. The van der Waals surface area contributed by atoms with Crippen LogP contribution in [0.25, 0.3) is 0 Å². The SMILES string of the molecule is CC(CI)(OCC1CCCCO1)c1ccccc1. The van der Waals surface area contributed by atoms with E-state index in [-0.39, 0.29) is 11.7 Å². The van der Waals surface area contributed by atoms with E-state index in [9.17, 15) is 0 Å². The Morgan fingerprint density at radius 1 is 1.33 bits per heavy atom. The minimum atomic E-state index is -0.206. The quantitative estimate of drug-likeness (QED) is 0.585. The van der Waals surface area contributed by atoms with Gasteiger partial charge in [0.25, 0.3) is 0 Å². The maximum absolute atomic E-state index is 6.17. The van der Waals surface area contributed by atoms with Crippen molar-refractivity contribution in [1.29, 1.82) is 0 Å². The fourth-order valence-corrected chi connectivity index (χ4v) is 2.87. The van der Waals surface area contributed by atoms with Gasteiger partial charge in [-0.1, -0.05) is 52.9 Å². The molecule has 0 spiro atoms. The first-order chi connectivity index (χ1) is 8.74. The molecule has 0 aromatic heterocycles. The highest BCUT2D eigenvalue weighted by Crippen LogP contribution is 2.28. The Bertz CT molecular complexity index is 349. The summed E-state index contributed by atoms with van der Waals surface area (Å²) in [6, 6.07) is 10.5. The van der Waals surface area contributed by atoms with Crippen molar-refractivity contribution in [2.24, 2.45) is 0 Å². The fourth-order valence-electron chi connectivity index (χ4n) is 2.21. The Hall–Kier alpha value is -0.130. The Morgan fingerprint density at radius 3 is 2.72 bits per heavy atom. The second-order valence-corrected chi connectivity index (χ2v) is 5.79. The maximum Gasteiger partial charge on any atom is 0.0993 e. The van der Waals surface area contributed by atoms with Gasteiger partial charge in [0.15, 0.2) is 0 Å². The average Bonchev–Trinajstić information content (AvgIpc) is 2.47. The lowest BCUT2D eigenvalue weighted by Crippen LogP contribution is -2.33. The minimum absolute atomic E-state index is 0.206. The summed E-state index contributed by atoms with van der Waals surface area (Å²) in [5.41, 5.74) is 1.04. The molecule has 1 aromatic rings. The van der Waals surface area contributed by atoms with Crippen LogP contribution in [-0.4, -0.2) is 23.7 Å². The number of halogens is 1. The summed E-state index contributed by atoms with van der Waals surface area (Å²) in [6.07, 6.45) is 3.87. The van der Waals surface area contributed by atoms with E-state index in [0.717, 1.165) is 17.5 Å². The van der Waals surface area contributed by atoms with Crippen molar-refractivity contribution in [3.63, 3.8) is 0 Å². The molecule has 1 fully saturated rings. The third-order valence-electron chi connectivity index (χ3n) is 3.50. The van der Waals surface area contributed by atoms with Crippen molar-refractivity contribution in [1.82, 2.24) is 0 Å². The molecule has 2 atom stereocenters. The Kier molecular flexibility index (Phi) is 5.45. The van der Waals surface area contributed by atoms with Crippen LogP contribution in [0.3, 0.4) is 0 Å². The van der Waals surface area contributed by atoms with Gasteiger partial charge in [-0.15, -0.1) is 0 Å². The monoisotopic (exact) mass is 360 g/mol. The zero-order chi connectivity index (χ0) is 12.8. The number of benzene rings is 1. The van der Waals surface area contributed by atoms with Crippen molar-refractivity contribution in [2.75, 3.05) is 17.6 Å². The van der Waals surface area contributed by atoms with Crippen molar-refractivity contribution < 1.29 is 9.47 Å². The molecule has 0 aliphatic carbocycles. The molecule has 18 heavy (non-hydrogen) atoms. The van der Waals surface area contributed by atoms with Crippen LogP contribution in [0.15, 0.2) is 30.3 Å². The molecule has 0 bridgehead atoms. The van der Waals surface area contributed by atoms with Gasteiger partial charge >= 0.3 is 0 Å². The smallest absolute Gasteiger partial charge is 0.0993 e. The predicted octanol–water partition coefficient (Wildman–Crippen LogP) is 3.92. The Balaban J connectivity index is 1.95. The molecule has 0 N–H and O–H groups in total. The molecule has 1 aromatic carbocycles. The third-order valence-corrected chi connectivity index (χ3v) is 4.96. The second kappa shape index (κ2) is 6.87. The molecular formula is C15H21IO2. The summed E-state index contributed by atoms with van der Waals surface area (Å²) in [5, 5.41) is 0. The molecule has 1 aliphatic rings. The summed E-state index contributed by atoms with van der Waals surface area (Å²) in [4.78, 5) is 0. The molecule has 1 aliphatic heterocycles. The van der Waals surface area contributed by atoms with Gasteiger partial charge in [-0.05, 0) is 31.7 Å². The molecule has 2 unspecified atom stereocenters. The van der Waals surface area contributed by atoms with Gasteiger partial charge in [0.05, 0.1) is 18.3 Å². The van der Waals surface area contributed by atoms with Crippen LogP contribution in [0.4, 0.5) is 0 Å². The lowest BCUT2D eigenvalue weighted by Gasteiger charge is -2.32. The van der Waals surface area contributed by atoms with Gasteiger partial charge in [0.2, 0.25) is 0 Å². The summed E-state index contributed by atoms with van der Waals surface area (Å²) in [5.74, 6) is 0. The zero-order valence-corrected chi connectivity index (χ0v) is 13.1. The third kappa shape index (κ3) is 3.68. The molecule has 2 rings (SSSR count). The van der Waals surface area contributed by atoms with Crippen LogP contribution >= 0.6 is 22.6 Å². The molecule has 0 radical (unpaired) electrons. The van der Waals surface area contributed by atoms with Gasteiger partial charge in [-0.3, -0.25) is 0 Å². The van der Waals surface area contributed by atoms with Crippen LogP contribution < -0.4 is 0 Å². The van der Waals surface area contributed by atoms with Gasteiger partial charge < -0.3 is 9.47 Å². The molecule has 0 amide bonds. The van der Waals surface area contributed by atoms with Crippen molar-refractivity contribution >= 4 is 22.6 Å². The van der Waals surface area contributed by atoms with Gasteiger partial charge in [0.1, 0.15) is 0 Å². The summed E-state index contributed by atoms with van der Waals surface area (Å²) >= 11 is 2.40. The molecule has 2 nitrogen and oxygen atoms in total. The van der Waals surface area contributed by atoms with E-state index in [1.165, 1.54) is 18.4 Å². The number of rotatable bonds is 5. The lowest BCUT2D eigenvalue weighted by molar-refractivity contribution is -0.0930. The first-order valence-electron chi connectivity index (χ1n) is 6.62. The number of hydrogen-bond acceptors (Lipinski definition) is 2. The van der Waals surface area contributed by atoms with E-state index < -0.39 is 0 Å². The Morgan fingerprint density at radius 2 is 2.11 bits per heavy atom. The first kappa shape index (κ1) is 14.3. The Labute approximate surface area is 123 Å². The van der Waals surface area contributed by atoms with E-state index in [1.54, 1.807) is 0 Å². The summed E-state index contributed by atoms with van der Waals surface area (Å²) < 4.78 is 12.8. The second-order valence-electron chi connectivity index (χ2n) is 5.03. The van der Waals surface area contributed by atoms with Crippen LogP contribution in [0.5, 0.6) is 0 Å². The van der Waals surface area contributed by atoms with E-state index in [4.69, 9.17) is 9.47 Å². The van der Waals surface area contributed by atoms with Gasteiger partial charge in [-0.25, -0.2) is 0 Å². The topological polar surface area (TPSA) is 18.5 Å². The van der Waals surface area contributed by atoms with Gasteiger partial charge in [0, 0.05) is 11.0 Å². The molecule has 1 heterocycles. The summed E-state index contributed by atoms with van der Waals surface area (Å²) in [7, 11) is 0. The fraction of sp³-hybridized carbons (Fsp3) is 0.600. The first-order valence-corrected chi connectivity index (χ1v) is 8.14. The maximum atomic E-state index is 6.17. The highest BCUT2D eigenvalue weighted by Gasteiger charge is 2.28. The standard InChI is InChI=1S/C15H21IO2/c1-15(12-16,13-7-3-2-4-8-13)18-11-14-9-5-6-10-17-14/h2-4,7-8,14H,5-6,9-12H2,1H3. The predicted molar refractivity (Wildman–Crippen MR) is 82.2 cm³/mol. The molecule has 3 heteroatoms. The van der Waals surface area contributed by atoms with Crippen molar-refractivity contribution in [3.8, 4) is 0 Å².